The monoisotopic (exact) mass is 522 g/mol. The van der Waals surface area contributed by atoms with Gasteiger partial charge in [-0.15, -0.1) is 0 Å². The number of hydrogen-bond acceptors (Lipinski definition) is 8. The van der Waals surface area contributed by atoms with E-state index in [1.54, 1.807) is 50.3 Å². The fourth-order valence-electron chi connectivity index (χ4n) is 4.04. The lowest BCUT2D eigenvalue weighted by molar-refractivity contribution is -0.140. The molecule has 1 aromatic heterocycles. The van der Waals surface area contributed by atoms with Crippen LogP contribution in [0.5, 0.6) is 11.5 Å². The highest BCUT2D eigenvalue weighted by molar-refractivity contribution is 7.07. The summed E-state index contributed by atoms with van der Waals surface area (Å²) in [6.07, 6.45) is 1.72. The number of ether oxygens (including phenoxy) is 3. The Morgan fingerprint density at radius 2 is 1.81 bits per heavy atom. The van der Waals surface area contributed by atoms with Gasteiger partial charge in [0.15, 0.2) is 11.4 Å². The van der Waals surface area contributed by atoms with E-state index >= 15 is 0 Å². The summed E-state index contributed by atoms with van der Waals surface area (Å²) in [5, 5.41) is 8.77. The highest BCUT2D eigenvalue weighted by Crippen LogP contribution is 2.35. The van der Waals surface area contributed by atoms with Crippen LogP contribution in [0.1, 0.15) is 37.9 Å². The first kappa shape index (κ1) is 25.9. The molecule has 1 atom stereocenters. The van der Waals surface area contributed by atoms with E-state index in [0.717, 1.165) is 5.56 Å². The van der Waals surface area contributed by atoms with E-state index < -0.39 is 24.6 Å². The van der Waals surface area contributed by atoms with Gasteiger partial charge in [0.1, 0.15) is 17.5 Å². The normalized spacial score (nSPS) is 15.1. The SMILES string of the molecule is CCOC(=O)C1=C(C)N=c2s/c(=C\c3ccc(OCC(=O)O)cc3)c(=O)n2[C@H]1c1ccccc1OCC. The Bertz CT molecular complexity index is 1530. The van der Waals surface area contributed by atoms with Crippen LogP contribution < -0.4 is 24.4 Å². The Hall–Kier alpha value is -4.18. The zero-order valence-corrected chi connectivity index (χ0v) is 21.4. The number of carbonyl (C=O) groups is 2. The molecule has 0 saturated carbocycles. The van der Waals surface area contributed by atoms with Crippen LogP contribution in [0.4, 0.5) is 0 Å². The van der Waals surface area contributed by atoms with Crippen molar-refractivity contribution in [3.8, 4) is 11.5 Å². The van der Waals surface area contributed by atoms with E-state index in [2.05, 4.69) is 4.99 Å². The van der Waals surface area contributed by atoms with Gasteiger partial charge >= 0.3 is 11.9 Å². The van der Waals surface area contributed by atoms with Gasteiger partial charge in [-0.25, -0.2) is 14.6 Å². The Kier molecular flexibility index (Phi) is 7.88. The van der Waals surface area contributed by atoms with Crippen LogP contribution in [-0.4, -0.2) is 41.4 Å². The van der Waals surface area contributed by atoms with Crippen LogP contribution in [0.2, 0.25) is 0 Å². The molecule has 2 aromatic carbocycles. The molecule has 0 unspecified atom stereocenters. The third kappa shape index (κ3) is 5.49. The zero-order chi connectivity index (χ0) is 26.5. The van der Waals surface area contributed by atoms with Crippen molar-refractivity contribution in [2.75, 3.05) is 19.8 Å². The number of thiazole rings is 1. The molecule has 192 valence electrons. The highest BCUT2D eigenvalue weighted by Gasteiger charge is 2.35. The van der Waals surface area contributed by atoms with E-state index in [4.69, 9.17) is 19.3 Å². The molecular formula is C27H26N2O7S. The maximum absolute atomic E-state index is 13.7. The Balaban J connectivity index is 1.85. The van der Waals surface area contributed by atoms with Gasteiger partial charge in [0.05, 0.1) is 29.0 Å². The van der Waals surface area contributed by atoms with Gasteiger partial charge in [-0.3, -0.25) is 9.36 Å². The number of benzene rings is 2. The predicted octanol–water partition coefficient (Wildman–Crippen LogP) is 2.66. The topological polar surface area (TPSA) is 116 Å². The van der Waals surface area contributed by atoms with Gasteiger partial charge < -0.3 is 19.3 Å². The van der Waals surface area contributed by atoms with Crippen molar-refractivity contribution in [1.29, 1.82) is 0 Å². The van der Waals surface area contributed by atoms with Gasteiger partial charge in [-0.05, 0) is 50.6 Å². The number of aromatic nitrogens is 1. The minimum Gasteiger partial charge on any atom is -0.494 e. The Morgan fingerprint density at radius 1 is 1.08 bits per heavy atom. The molecular weight excluding hydrogens is 496 g/mol. The number of fused-ring (bicyclic) bond motifs is 1. The Morgan fingerprint density at radius 3 is 2.49 bits per heavy atom. The second-order valence-electron chi connectivity index (χ2n) is 8.02. The van der Waals surface area contributed by atoms with E-state index in [1.165, 1.54) is 15.9 Å². The lowest BCUT2D eigenvalue weighted by Crippen LogP contribution is -2.40. The Labute approximate surface area is 216 Å². The van der Waals surface area contributed by atoms with Crippen molar-refractivity contribution in [2.24, 2.45) is 4.99 Å². The third-order valence-electron chi connectivity index (χ3n) is 5.57. The average molecular weight is 523 g/mol. The summed E-state index contributed by atoms with van der Waals surface area (Å²) in [5.74, 6) is -0.629. The van der Waals surface area contributed by atoms with Crippen molar-refractivity contribution in [3.63, 3.8) is 0 Å². The van der Waals surface area contributed by atoms with Gasteiger partial charge in [0, 0.05) is 5.56 Å². The molecule has 2 heterocycles. The number of para-hydroxylation sites is 1. The van der Waals surface area contributed by atoms with E-state index in [1.807, 2.05) is 25.1 Å². The van der Waals surface area contributed by atoms with Gasteiger partial charge in [-0.1, -0.05) is 41.7 Å². The molecule has 0 amide bonds. The average Bonchev–Trinajstić information content (AvgIpc) is 3.17. The second kappa shape index (κ2) is 11.3. The maximum atomic E-state index is 13.7. The summed E-state index contributed by atoms with van der Waals surface area (Å²) in [7, 11) is 0. The molecule has 0 fully saturated rings. The molecule has 1 N–H and O–H groups in total. The summed E-state index contributed by atoms with van der Waals surface area (Å²) >= 11 is 1.22. The molecule has 37 heavy (non-hydrogen) atoms. The van der Waals surface area contributed by atoms with E-state index in [9.17, 15) is 14.4 Å². The minimum absolute atomic E-state index is 0.187. The third-order valence-corrected chi connectivity index (χ3v) is 6.55. The number of rotatable bonds is 9. The molecule has 0 radical (unpaired) electrons. The van der Waals surface area contributed by atoms with E-state index in [-0.39, 0.29) is 17.7 Å². The van der Waals surface area contributed by atoms with Crippen molar-refractivity contribution >= 4 is 29.4 Å². The largest absolute Gasteiger partial charge is 0.494 e. The quantitative estimate of drug-likeness (QED) is 0.430. The van der Waals surface area contributed by atoms with Gasteiger partial charge in [0.25, 0.3) is 5.56 Å². The number of nitrogens with zero attached hydrogens (tertiary/aromatic N) is 2. The van der Waals surface area contributed by atoms with Crippen molar-refractivity contribution in [2.45, 2.75) is 26.8 Å². The first-order chi connectivity index (χ1) is 17.8. The highest BCUT2D eigenvalue weighted by atomic mass is 32.1. The van der Waals surface area contributed by atoms with Crippen LogP contribution in [-0.2, 0) is 14.3 Å². The molecule has 0 bridgehead atoms. The van der Waals surface area contributed by atoms with E-state index in [0.29, 0.717) is 38.7 Å². The zero-order valence-electron chi connectivity index (χ0n) is 20.6. The van der Waals surface area contributed by atoms with Crippen molar-refractivity contribution in [1.82, 2.24) is 4.57 Å². The predicted molar refractivity (Wildman–Crippen MR) is 138 cm³/mol. The lowest BCUT2D eigenvalue weighted by Gasteiger charge is -2.26. The summed E-state index contributed by atoms with van der Waals surface area (Å²) in [4.78, 5) is 42.5. The fourth-order valence-corrected chi connectivity index (χ4v) is 5.08. The molecule has 1 aliphatic heterocycles. The van der Waals surface area contributed by atoms with Crippen LogP contribution >= 0.6 is 11.3 Å². The molecule has 0 saturated heterocycles. The molecule has 0 spiro atoms. The molecule has 4 rings (SSSR count). The summed E-state index contributed by atoms with van der Waals surface area (Å²) in [5.41, 5.74) is 1.84. The van der Waals surface area contributed by atoms with Crippen LogP contribution in [0, 0.1) is 0 Å². The fraction of sp³-hybridized carbons (Fsp3) is 0.259. The second-order valence-corrected chi connectivity index (χ2v) is 9.03. The van der Waals surface area contributed by atoms with Crippen molar-refractivity contribution < 1.29 is 28.9 Å². The number of carbonyl (C=O) groups excluding carboxylic acids is 1. The smallest absolute Gasteiger partial charge is 0.341 e. The number of aliphatic carboxylic acids is 1. The first-order valence-corrected chi connectivity index (χ1v) is 12.5. The first-order valence-electron chi connectivity index (χ1n) is 11.7. The minimum atomic E-state index is -1.07. The molecule has 3 aromatic rings. The summed E-state index contributed by atoms with van der Waals surface area (Å²) in [6, 6.07) is 13.3. The molecule has 9 nitrogen and oxygen atoms in total. The van der Waals surface area contributed by atoms with Gasteiger partial charge in [-0.2, -0.15) is 0 Å². The van der Waals surface area contributed by atoms with Crippen LogP contribution in [0.3, 0.4) is 0 Å². The number of carboxylic acids is 1. The number of hydrogen-bond donors (Lipinski definition) is 1. The molecule has 10 heteroatoms. The summed E-state index contributed by atoms with van der Waals surface area (Å²) in [6.45, 7) is 5.49. The molecule has 1 aliphatic rings. The number of carboxylic acid groups (broad SMARTS) is 1. The van der Waals surface area contributed by atoms with Gasteiger partial charge in [0.2, 0.25) is 0 Å². The number of allylic oxidation sites excluding steroid dienone is 1. The standard InChI is InChI=1S/C27H26N2O7S/c1-4-34-20-9-7-6-8-19(20)24-23(26(33)35-5-2)16(3)28-27-29(24)25(32)21(37-27)14-17-10-12-18(13-11-17)36-15-22(30)31/h6-14,24H,4-5,15H2,1-3H3,(H,30,31)/b21-14-/t24-/m0/s1. The lowest BCUT2D eigenvalue weighted by atomic mass is 9.95. The summed E-state index contributed by atoms with van der Waals surface area (Å²) < 4.78 is 18.3. The van der Waals surface area contributed by atoms with Crippen LogP contribution in [0.15, 0.2) is 69.6 Å². The van der Waals surface area contributed by atoms with Crippen LogP contribution in [0.25, 0.3) is 6.08 Å². The molecule has 0 aliphatic carbocycles. The van der Waals surface area contributed by atoms with Crippen molar-refractivity contribution in [3.05, 3.63) is 90.6 Å². The maximum Gasteiger partial charge on any atom is 0.341 e. The number of esters is 1.